The molecule has 8 aromatic carbocycles. The van der Waals surface area contributed by atoms with Crippen LogP contribution in [0.2, 0.25) is 0 Å². The smallest absolute Gasteiger partial charge is 0.456 e. The Kier molecular flexibility index (Phi) is 10.5. The van der Waals surface area contributed by atoms with Crippen molar-refractivity contribution in [1.29, 1.82) is 0 Å². The number of para-hydroxylation sites is 2. The van der Waals surface area contributed by atoms with Crippen LogP contribution < -0.4 is 5.46 Å². The van der Waals surface area contributed by atoms with Gasteiger partial charge in [-0.3, -0.25) is 0 Å². The van der Waals surface area contributed by atoms with Crippen molar-refractivity contribution in [3.63, 3.8) is 0 Å². The average molecular weight is 857 g/mol. The van der Waals surface area contributed by atoms with Gasteiger partial charge in [-0.2, -0.15) is 0 Å². The van der Waals surface area contributed by atoms with Gasteiger partial charge < -0.3 is 23.7 Å². The summed E-state index contributed by atoms with van der Waals surface area (Å²) in [7, 11) is 2.10. The van der Waals surface area contributed by atoms with E-state index in [2.05, 4.69) is 213 Å². The summed E-state index contributed by atoms with van der Waals surface area (Å²) in [5.74, 6) is 0.833. The average Bonchev–Trinajstić information content (AvgIpc) is 4.09. The first-order valence-electron chi connectivity index (χ1n) is 22.4. The molecule has 4 heterocycles. The number of hydrogen-bond acceptors (Lipinski definition) is 3. The lowest BCUT2D eigenvalue weighted by Crippen LogP contribution is -2.41. The number of H-pyrrole nitrogens is 2. The highest BCUT2D eigenvalue weighted by atomic mass is 31.0. The molecule has 0 bridgehead atoms. The number of nitrogens with one attached hydrogen (secondary N) is 2. The van der Waals surface area contributed by atoms with Crippen molar-refractivity contribution >= 4 is 98.1 Å². The molecule has 7 heteroatoms. The lowest BCUT2D eigenvalue weighted by molar-refractivity contribution is 0.00578. The van der Waals surface area contributed by atoms with Crippen LogP contribution in [0.3, 0.4) is 0 Å². The largest absolute Gasteiger partial charge is 0.494 e. The first-order chi connectivity index (χ1) is 30.9. The summed E-state index contributed by atoms with van der Waals surface area (Å²) in [5.41, 5.74) is 14.5. The van der Waals surface area contributed by atoms with Crippen LogP contribution in [-0.2, 0) is 9.31 Å². The summed E-state index contributed by atoms with van der Waals surface area (Å²) in [5, 5.41) is 9.92. The van der Waals surface area contributed by atoms with Gasteiger partial charge in [-0.25, -0.2) is 0 Å². The molecule has 5 nitrogen and oxygen atoms in total. The van der Waals surface area contributed by atoms with Gasteiger partial charge in [0, 0.05) is 54.4 Å². The molecule has 13 rings (SSSR count). The van der Waals surface area contributed by atoms with Crippen LogP contribution in [0.25, 0.3) is 110 Å². The molecule has 3 aromatic heterocycles. The van der Waals surface area contributed by atoms with Crippen molar-refractivity contribution in [3.05, 3.63) is 152 Å². The quantitative estimate of drug-likeness (QED) is 0.134. The summed E-state index contributed by atoms with van der Waals surface area (Å²) in [6.07, 6.45) is 0. The zero-order valence-corrected chi connectivity index (χ0v) is 39.0. The lowest BCUT2D eigenvalue weighted by Gasteiger charge is -2.32. The van der Waals surface area contributed by atoms with Crippen LogP contribution in [0.15, 0.2) is 156 Å². The Morgan fingerprint density at radius 1 is 0.438 bits per heavy atom. The number of aromatic amines is 2. The molecule has 0 saturated carbocycles. The van der Waals surface area contributed by atoms with Crippen molar-refractivity contribution in [2.45, 2.75) is 59.7 Å². The Bertz CT molecular complexity index is 3540. The van der Waals surface area contributed by atoms with Crippen molar-refractivity contribution in [1.82, 2.24) is 9.97 Å². The minimum Gasteiger partial charge on any atom is -0.456 e. The molecule has 1 unspecified atom stereocenters. The molecule has 1 fully saturated rings. The van der Waals surface area contributed by atoms with Gasteiger partial charge >= 0.3 is 7.12 Å². The van der Waals surface area contributed by atoms with Crippen LogP contribution in [0.4, 0.5) is 0 Å². The monoisotopic (exact) mass is 856 g/mol. The van der Waals surface area contributed by atoms with Gasteiger partial charge in [0.1, 0.15) is 11.2 Å². The Balaban J connectivity index is 0.000000148. The first kappa shape index (κ1) is 41.8. The van der Waals surface area contributed by atoms with E-state index in [0.717, 1.165) is 33.6 Å². The zero-order valence-electron chi connectivity index (χ0n) is 37.9. The number of hydrogen-bond donors (Lipinski definition) is 2. The third-order valence-electron chi connectivity index (χ3n) is 13.0. The second-order valence-corrected chi connectivity index (χ2v) is 18.6. The molecule has 64 heavy (non-hydrogen) atoms. The van der Waals surface area contributed by atoms with Gasteiger partial charge in [-0.15, -0.1) is 9.24 Å². The molecule has 1 aliphatic carbocycles. The summed E-state index contributed by atoms with van der Waals surface area (Å²) < 4.78 is 18.8. The van der Waals surface area contributed by atoms with Gasteiger partial charge in [0.05, 0.1) is 11.2 Å². The molecular formula is C57H54BN2O3P. The maximum absolute atomic E-state index is 6.44. The highest BCUT2D eigenvalue weighted by Gasteiger charge is 2.51. The fourth-order valence-electron chi connectivity index (χ4n) is 9.34. The summed E-state index contributed by atoms with van der Waals surface area (Å²) in [6.45, 7) is 16.7. The van der Waals surface area contributed by atoms with Crippen LogP contribution in [-0.4, -0.2) is 35.0 Å². The Morgan fingerprint density at radius 2 is 0.922 bits per heavy atom. The summed E-state index contributed by atoms with van der Waals surface area (Å²) in [6, 6.07) is 54.1. The topological polar surface area (TPSA) is 63.2 Å². The lowest BCUT2D eigenvalue weighted by atomic mass is 9.78. The molecule has 2 N–H and O–H groups in total. The number of fused-ring (bicyclic) bond motifs is 13. The number of furan rings is 1. The van der Waals surface area contributed by atoms with Gasteiger partial charge in [-0.1, -0.05) is 131 Å². The van der Waals surface area contributed by atoms with E-state index < -0.39 is 0 Å². The van der Waals surface area contributed by atoms with E-state index in [0.29, 0.717) is 0 Å². The van der Waals surface area contributed by atoms with E-state index in [1.807, 2.05) is 12.7 Å². The molecule has 0 radical (unpaired) electrons. The highest BCUT2D eigenvalue weighted by Crippen LogP contribution is 2.51. The van der Waals surface area contributed by atoms with E-state index in [-0.39, 0.29) is 18.3 Å². The molecule has 2 aliphatic rings. The normalized spacial score (nSPS) is 14.6. The van der Waals surface area contributed by atoms with Crippen LogP contribution in [0.1, 0.15) is 48.5 Å². The van der Waals surface area contributed by atoms with Gasteiger partial charge in [-0.05, 0) is 132 Å². The molecule has 1 atom stereocenters. The Labute approximate surface area is 377 Å². The Morgan fingerprint density at radius 3 is 1.56 bits per heavy atom. The highest BCUT2D eigenvalue weighted by molar-refractivity contribution is 7.15. The SMILES string of the molecule is CC(C)C.CC1(C)OB(c2ccc3[nH]c4ccccc4c3c2)OC1(C)C.CP.c1ccc2c(c1)-c1cccc3c1c-2cc1oc2ccc(-c4ccc5[nH]c6ccccc6c5c4)cc2c13. The zero-order chi connectivity index (χ0) is 44.5. The second kappa shape index (κ2) is 16.1. The van der Waals surface area contributed by atoms with Gasteiger partial charge in [0.2, 0.25) is 0 Å². The van der Waals surface area contributed by atoms with E-state index in [4.69, 9.17) is 13.7 Å². The summed E-state index contributed by atoms with van der Waals surface area (Å²) in [4.78, 5) is 6.98. The van der Waals surface area contributed by atoms with E-state index in [1.165, 1.54) is 87.5 Å². The molecular weight excluding hydrogens is 802 g/mol. The maximum atomic E-state index is 6.44. The molecule has 0 amide bonds. The molecule has 1 aliphatic heterocycles. The third-order valence-corrected chi connectivity index (χ3v) is 13.0. The summed E-state index contributed by atoms with van der Waals surface area (Å²) >= 11 is 0. The third kappa shape index (κ3) is 7.00. The van der Waals surface area contributed by atoms with Gasteiger partial charge in [0.25, 0.3) is 0 Å². The fraction of sp³-hybridized carbons (Fsp3) is 0.193. The fourth-order valence-corrected chi connectivity index (χ4v) is 9.34. The predicted octanol–water partition coefficient (Wildman–Crippen LogP) is 15.5. The van der Waals surface area contributed by atoms with Gasteiger partial charge in [0.15, 0.2) is 0 Å². The van der Waals surface area contributed by atoms with Crippen molar-refractivity contribution in [2.24, 2.45) is 5.92 Å². The van der Waals surface area contributed by atoms with Crippen molar-refractivity contribution in [2.75, 3.05) is 6.66 Å². The van der Waals surface area contributed by atoms with Crippen LogP contribution >= 0.6 is 9.24 Å². The van der Waals surface area contributed by atoms with E-state index in [9.17, 15) is 0 Å². The molecule has 0 spiro atoms. The van der Waals surface area contributed by atoms with Crippen LogP contribution in [0, 0.1) is 5.92 Å². The molecule has 11 aromatic rings. The molecule has 1 saturated heterocycles. The standard InChI is InChI=1S/C34H19NO.C18H20BNO2.C4H10.CH5P/c1-2-7-22-21(6-1)24-9-5-10-25-33(24)27(22)18-32-34(25)28-17-20(13-15-31(28)36-32)19-12-14-30-26(16-19)23-8-3-4-11-29(23)35-30;1-17(2)18(3,4)22-19(21-17)12-9-10-16-14(11-12)13-7-5-6-8-15(13)20-16;1-4(2)3;1-2/h1-18,35H;5-11,20H,1-4H3;4H,1-3H3;2H2,1H3. The second-order valence-electron chi connectivity index (χ2n) is 18.6. The Hall–Kier alpha value is -6.17. The number of aromatic nitrogens is 2. The van der Waals surface area contributed by atoms with E-state index in [1.54, 1.807) is 0 Å². The number of benzene rings is 8. The minimum atomic E-state index is -0.317. The maximum Gasteiger partial charge on any atom is 0.494 e. The predicted molar refractivity (Wildman–Crippen MR) is 278 cm³/mol. The molecule has 318 valence electrons. The van der Waals surface area contributed by atoms with Crippen molar-refractivity contribution in [3.8, 4) is 33.4 Å². The van der Waals surface area contributed by atoms with Crippen LogP contribution in [0.5, 0.6) is 0 Å². The van der Waals surface area contributed by atoms with Crippen molar-refractivity contribution < 1.29 is 13.7 Å². The van der Waals surface area contributed by atoms with E-state index >= 15 is 0 Å². The first-order valence-corrected chi connectivity index (χ1v) is 23.6. The minimum absolute atomic E-state index is 0.313. The number of rotatable bonds is 2.